The third-order valence-corrected chi connectivity index (χ3v) is 2.44. The molecular weight excluding hydrogens is 108 g/mol. The number of allylic oxidation sites excluding steroid dienone is 1. The maximum Gasteiger partial charge on any atom is -0.0206 e. The van der Waals surface area contributed by atoms with E-state index in [0.29, 0.717) is 0 Å². The lowest BCUT2D eigenvalue weighted by atomic mass is 9.79. The van der Waals surface area contributed by atoms with Crippen LogP contribution >= 0.6 is 0 Å². The van der Waals surface area contributed by atoms with E-state index in [4.69, 9.17) is 0 Å². The van der Waals surface area contributed by atoms with E-state index in [1.807, 2.05) is 0 Å². The fourth-order valence-corrected chi connectivity index (χ4v) is 1.34. The molecule has 0 aromatic carbocycles. The Morgan fingerprint density at radius 2 is 2.22 bits per heavy atom. The predicted octanol–water partition coefficient (Wildman–Crippen LogP) is 2.81. The van der Waals surface area contributed by atoms with Gasteiger partial charge in [-0.2, -0.15) is 0 Å². The van der Waals surface area contributed by atoms with Crippen LogP contribution in [0.25, 0.3) is 0 Å². The molecule has 0 aliphatic heterocycles. The SMILES string of the molecule is C=C1CC[CH]C(C)C1C. The van der Waals surface area contributed by atoms with Gasteiger partial charge in [0.05, 0.1) is 0 Å². The largest absolute Gasteiger partial charge is 0.0996 e. The van der Waals surface area contributed by atoms with E-state index in [1.54, 1.807) is 0 Å². The van der Waals surface area contributed by atoms with Crippen molar-refractivity contribution in [1.82, 2.24) is 0 Å². The first kappa shape index (κ1) is 6.85. The normalized spacial score (nSPS) is 36.9. The van der Waals surface area contributed by atoms with Gasteiger partial charge in [-0.15, -0.1) is 0 Å². The zero-order chi connectivity index (χ0) is 6.85. The average Bonchev–Trinajstić information content (AvgIpc) is 1.83. The highest BCUT2D eigenvalue weighted by atomic mass is 14.2. The molecule has 1 fully saturated rings. The highest BCUT2D eigenvalue weighted by molar-refractivity contribution is 5.07. The molecule has 0 spiro atoms. The van der Waals surface area contributed by atoms with Crippen LogP contribution in [0.15, 0.2) is 12.2 Å². The van der Waals surface area contributed by atoms with E-state index >= 15 is 0 Å². The smallest absolute Gasteiger partial charge is 0.0206 e. The van der Waals surface area contributed by atoms with Crippen molar-refractivity contribution in [3.8, 4) is 0 Å². The van der Waals surface area contributed by atoms with Crippen molar-refractivity contribution in [1.29, 1.82) is 0 Å². The molecule has 0 heterocycles. The topological polar surface area (TPSA) is 0 Å². The summed E-state index contributed by atoms with van der Waals surface area (Å²) in [6, 6.07) is 0. The standard InChI is InChI=1S/C9H15/c1-7-5-4-6-8(2)9(7)3/h6,8-9H,1,4-5H2,2-3H3. The molecule has 0 aromatic rings. The Labute approximate surface area is 58.0 Å². The summed E-state index contributed by atoms with van der Waals surface area (Å²) in [7, 11) is 0. The van der Waals surface area contributed by atoms with Crippen molar-refractivity contribution in [2.45, 2.75) is 26.7 Å². The van der Waals surface area contributed by atoms with E-state index in [0.717, 1.165) is 11.8 Å². The fourth-order valence-electron chi connectivity index (χ4n) is 1.34. The van der Waals surface area contributed by atoms with Gasteiger partial charge in [0.15, 0.2) is 0 Å². The van der Waals surface area contributed by atoms with Crippen LogP contribution in [0.3, 0.4) is 0 Å². The van der Waals surface area contributed by atoms with Crippen molar-refractivity contribution in [3.63, 3.8) is 0 Å². The molecule has 0 saturated heterocycles. The quantitative estimate of drug-likeness (QED) is 0.434. The molecule has 51 valence electrons. The summed E-state index contributed by atoms with van der Waals surface area (Å²) in [6.45, 7) is 8.56. The Kier molecular flexibility index (Phi) is 1.94. The highest BCUT2D eigenvalue weighted by Crippen LogP contribution is 2.31. The molecular formula is C9H15. The zero-order valence-electron chi connectivity index (χ0n) is 6.35. The van der Waals surface area contributed by atoms with Crippen molar-refractivity contribution in [2.75, 3.05) is 0 Å². The van der Waals surface area contributed by atoms with Crippen molar-refractivity contribution >= 4 is 0 Å². The van der Waals surface area contributed by atoms with Gasteiger partial charge in [-0.25, -0.2) is 0 Å². The lowest BCUT2D eigenvalue weighted by molar-refractivity contribution is 0.433. The Hall–Kier alpha value is -0.260. The van der Waals surface area contributed by atoms with Gasteiger partial charge in [-0.1, -0.05) is 26.0 Å². The van der Waals surface area contributed by atoms with Crippen LogP contribution in [0.1, 0.15) is 26.7 Å². The van der Waals surface area contributed by atoms with Crippen molar-refractivity contribution in [3.05, 3.63) is 18.6 Å². The Balaban J connectivity index is 2.51. The molecule has 9 heavy (non-hydrogen) atoms. The zero-order valence-corrected chi connectivity index (χ0v) is 6.35. The van der Waals surface area contributed by atoms with E-state index < -0.39 is 0 Å². The van der Waals surface area contributed by atoms with Crippen LogP contribution in [-0.4, -0.2) is 0 Å². The minimum absolute atomic E-state index is 0.721. The van der Waals surface area contributed by atoms with Crippen molar-refractivity contribution < 1.29 is 0 Å². The molecule has 0 N–H and O–H groups in total. The van der Waals surface area contributed by atoms with Gasteiger partial charge in [0.2, 0.25) is 0 Å². The van der Waals surface area contributed by atoms with Crippen LogP contribution < -0.4 is 0 Å². The molecule has 1 rings (SSSR count). The maximum atomic E-state index is 4.03. The third kappa shape index (κ3) is 1.35. The second-order valence-corrected chi connectivity index (χ2v) is 3.08. The Morgan fingerprint density at radius 1 is 1.56 bits per heavy atom. The van der Waals surface area contributed by atoms with Gasteiger partial charge >= 0.3 is 0 Å². The van der Waals surface area contributed by atoms with Gasteiger partial charge < -0.3 is 0 Å². The van der Waals surface area contributed by atoms with Gasteiger partial charge in [0, 0.05) is 0 Å². The monoisotopic (exact) mass is 123 g/mol. The second-order valence-electron chi connectivity index (χ2n) is 3.08. The predicted molar refractivity (Wildman–Crippen MR) is 41.0 cm³/mol. The molecule has 2 unspecified atom stereocenters. The molecule has 1 radical (unpaired) electrons. The Bertz CT molecular complexity index is 113. The summed E-state index contributed by atoms with van der Waals surface area (Å²) in [6.07, 6.45) is 4.86. The van der Waals surface area contributed by atoms with Crippen LogP contribution in [-0.2, 0) is 0 Å². The van der Waals surface area contributed by atoms with Gasteiger partial charge in [0.1, 0.15) is 0 Å². The first-order chi connectivity index (χ1) is 4.22. The second kappa shape index (κ2) is 2.55. The first-order valence-corrected chi connectivity index (χ1v) is 3.73. The molecule has 0 nitrogen and oxygen atoms in total. The summed E-state index contributed by atoms with van der Waals surface area (Å²) in [4.78, 5) is 0. The molecule has 2 atom stereocenters. The molecule has 1 aliphatic rings. The molecule has 0 bridgehead atoms. The summed E-state index contributed by atoms with van der Waals surface area (Å²) >= 11 is 0. The minimum Gasteiger partial charge on any atom is -0.0996 e. The number of hydrogen-bond donors (Lipinski definition) is 0. The van der Waals surface area contributed by atoms with Gasteiger partial charge in [-0.3, -0.25) is 0 Å². The summed E-state index contributed by atoms with van der Waals surface area (Å²) < 4.78 is 0. The lowest BCUT2D eigenvalue weighted by Crippen LogP contribution is -2.15. The summed E-state index contributed by atoms with van der Waals surface area (Å²) in [5, 5.41) is 0. The fraction of sp³-hybridized carbons (Fsp3) is 0.667. The van der Waals surface area contributed by atoms with Crippen LogP contribution in [0.2, 0.25) is 0 Å². The molecule has 0 heteroatoms. The summed E-state index contributed by atoms with van der Waals surface area (Å²) in [5.41, 5.74) is 1.44. The van der Waals surface area contributed by atoms with Crippen LogP contribution in [0.4, 0.5) is 0 Å². The number of rotatable bonds is 0. The van der Waals surface area contributed by atoms with Gasteiger partial charge in [0.25, 0.3) is 0 Å². The van der Waals surface area contributed by atoms with E-state index in [-0.39, 0.29) is 0 Å². The summed E-state index contributed by atoms with van der Waals surface area (Å²) in [5.74, 6) is 1.48. The number of hydrogen-bond acceptors (Lipinski definition) is 0. The molecule has 0 amide bonds. The highest BCUT2D eigenvalue weighted by Gasteiger charge is 2.19. The third-order valence-electron chi connectivity index (χ3n) is 2.44. The van der Waals surface area contributed by atoms with E-state index in [2.05, 4.69) is 26.8 Å². The molecule has 1 saturated carbocycles. The van der Waals surface area contributed by atoms with E-state index in [1.165, 1.54) is 18.4 Å². The van der Waals surface area contributed by atoms with Crippen LogP contribution in [0, 0.1) is 18.3 Å². The van der Waals surface area contributed by atoms with Gasteiger partial charge in [-0.05, 0) is 31.1 Å². The Morgan fingerprint density at radius 3 is 2.67 bits per heavy atom. The minimum atomic E-state index is 0.721. The average molecular weight is 123 g/mol. The molecule has 1 aliphatic carbocycles. The van der Waals surface area contributed by atoms with Crippen LogP contribution in [0.5, 0.6) is 0 Å². The van der Waals surface area contributed by atoms with E-state index in [9.17, 15) is 0 Å². The molecule has 0 aromatic heterocycles. The van der Waals surface area contributed by atoms with Crippen molar-refractivity contribution in [2.24, 2.45) is 11.8 Å². The maximum absolute atomic E-state index is 4.03. The first-order valence-electron chi connectivity index (χ1n) is 3.73. The lowest BCUT2D eigenvalue weighted by Gasteiger charge is -2.27.